The average Bonchev–Trinajstić information content (AvgIpc) is 2.62. The van der Waals surface area contributed by atoms with E-state index in [1.807, 2.05) is 0 Å². The lowest BCUT2D eigenvalue weighted by atomic mass is 10.2. The number of anilines is 1. The van der Waals surface area contributed by atoms with Crippen LogP contribution in [0.4, 0.5) is 10.1 Å². The van der Waals surface area contributed by atoms with Gasteiger partial charge in [-0.3, -0.25) is 9.10 Å². The second-order valence-electron chi connectivity index (χ2n) is 5.69. The number of nitrogens with zero attached hydrogens (tertiary/aromatic N) is 2. The minimum atomic E-state index is -3.75. The third-order valence-electron chi connectivity index (χ3n) is 3.70. The van der Waals surface area contributed by atoms with E-state index in [9.17, 15) is 17.6 Å². The summed E-state index contributed by atoms with van der Waals surface area (Å²) in [5, 5.41) is 3.70. The van der Waals surface area contributed by atoms with E-state index >= 15 is 0 Å². The Bertz CT molecular complexity index is 930. The van der Waals surface area contributed by atoms with E-state index in [0.29, 0.717) is 11.4 Å². The SMILES string of the molecule is COc1ccc(N([C@@H](C)C(=O)N/N=C\c2ccccc2F)S(C)(=O)=O)cc1. The molecule has 0 saturated heterocycles. The van der Waals surface area contributed by atoms with Crippen molar-refractivity contribution in [1.82, 2.24) is 5.43 Å². The molecule has 0 spiro atoms. The van der Waals surface area contributed by atoms with E-state index in [1.54, 1.807) is 18.2 Å². The van der Waals surface area contributed by atoms with Crippen LogP contribution in [0.15, 0.2) is 53.6 Å². The second-order valence-corrected chi connectivity index (χ2v) is 7.55. The molecule has 0 heterocycles. The molecule has 1 atom stereocenters. The molecule has 2 rings (SSSR count). The van der Waals surface area contributed by atoms with Crippen molar-refractivity contribution in [1.29, 1.82) is 0 Å². The fourth-order valence-corrected chi connectivity index (χ4v) is 3.55. The first-order chi connectivity index (χ1) is 12.7. The summed E-state index contributed by atoms with van der Waals surface area (Å²) in [6.07, 6.45) is 2.15. The number of amides is 1. The molecule has 0 bridgehead atoms. The Labute approximate surface area is 157 Å². The molecule has 0 fully saturated rings. The van der Waals surface area contributed by atoms with Gasteiger partial charge >= 0.3 is 0 Å². The highest BCUT2D eigenvalue weighted by atomic mass is 32.2. The van der Waals surface area contributed by atoms with Gasteiger partial charge in [0.1, 0.15) is 17.6 Å². The Balaban J connectivity index is 2.18. The third-order valence-corrected chi connectivity index (χ3v) is 4.94. The molecule has 0 aliphatic rings. The quantitative estimate of drug-likeness (QED) is 0.577. The van der Waals surface area contributed by atoms with E-state index in [0.717, 1.165) is 16.8 Å². The molecule has 7 nitrogen and oxygen atoms in total. The van der Waals surface area contributed by atoms with E-state index < -0.39 is 27.8 Å². The van der Waals surface area contributed by atoms with Gasteiger partial charge in [0.2, 0.25) is 10.0 Å². The fraction of sp³-hybridized carbons (Fsp3) is 0.222. The fourth-order valence-electron chi connectivity index (χ4n) is 2.38. The van der Waals surface area contributed by atoms with Gasteiger partial charge in [-0.2, -0.15) is 5.10 Å². The van der Waals surface area contributed by atoms with Crippen molar-refractivity contribution < 1.29 is 22.3 Å². The molecule has 1 N–H and O–H groups in total. The lowest BCUT2D eigenvalue weighted by molar-refractivity contribution is -0.121. The van der Waals surface area contributed by atoms with Gasteiger partial charge in [0, 0.05) is 5.56 Å². The Hall–Kier alpha value is -2.94. The maximum atomic E-state index is 13.5. The molecule has 2 aromatic rings. The normalized spacial score (nSPS) is 12.6. The first kappa shape index (κ1) is 20.4. The Morgan fingerprint density at radius 2 is 1.85 bits per heavy atom. The van der Waals surface area contributed by atoms with Crippen LogP contribution in [-0.2, 0) is 14.8 Å². The van der Waals surface area contributed by atoms with Crippen molar-refractivity contribution in [3.05, 3.63) is 59.9 Å². The third kappa shape index (κ3) is 5.27. The maximum absolute atomic E-state index is 13.5. The molecular formula is C18H20FN3O4S. The number of benzene rings is 2. The van der Waals surface area contributed by atoms with Gasteiger partial charge in [0.15, 0.2) is 0 Å². The minimum absolute atomic E-state index is 0.195. The molecule has 0 unspecified atom stereocenters. The smallest absolute Gasteiger partial charge is 0.263 e. The number of hydrogen-bond donors (Lipinski definition) is 1. The number of ether oxygens (including phenoxy) is 1. The zero-order valence-electron chi connectivity index (χ0n) is 15.1. The molecule has 2 aromatic carbocycles. The van der Waals surface area contributed by atoms with Gasteiger partial charge < -0.3 is 4.74 Å². The van der Waals surface area contributed by atoms with Crippen molar-refractivity contribution in [3.8, 4) is 5.75 Å². The summed E-state index contributed by atoms with van der Waals surface area (Å²) in [5.41, 5.74) is 2.74. The first-order valence-corrected chi connectivity index (χ1v) is 9.79. The van der Waals surface area contributed by atoms with Crippen molar-refractivity contribution in [2.45, 2.75) is 13.0 Å². The number of nitrogens with one attached hydrogen (secondary N) is 1. The van der Waals surface area contributed by atoms with Crippen LogP contribution < -0.4 is 14.5 Å². The van der Waals surface area contributed by atoms with Crippen molar-refractivity contribution in [2.75, 3.05) is 17.7 Å². The monoisotopic (exact) mass is 393 g/mol. The van der Waals surface area contributed by atoms with Gasteiger partial charge in [-0.25, -0.2) is 18.2 Å². The Kier molecular flexibility index (Phi) is 6.51. The van der Waals surface area contributed by atoms with Crippen LogP contribution in [0, 0.1) is 5.82 Å². The molecule has 0 aliphatic heterocycles. The first-order valence-electron chi connectivity index (χ1n) is 7.95. The summed E-state index contributed by atoms with van der Waals surface area (Å²) >= 11 is 0. The van der Waals surface area contributed by atoms with Gasteiger partial charge in [-0.05, 0) is 37.3 Å². The second kappa shape index (κ2) is 8.63. The standard InChI is InChI=1S/C18H20FN3O4S/c1-13(18(23)21-20-12-14-6-4-5-7-17(14)19)22(27(3,24)25)15-8-10-16(26-2)11-9-15/h4-13H,1-3H3,(H,21,23)/b20-12-/t13-/m0/s1. The molecule has 1 amide bonds. The molecule has 144 valence electrons. The molecule has 9 heteroatoms. The number of hydrazone groups is 1. The zero-order valence-corrected chi connectivity index (χ0v) is 15.9. The number of halogens is 1. The highest BCUT2D eigenvalue weighted by Gasteiger charge is 2.29. The van der Waals surface area contributed by atoms with Crippen LogP contribution in [0.5, 0.6) is 5.75 Å². The average molecular weight is 393 g/mol. The maximum Gasteiger partial charge on any atom is 0.263 e. The lowest BCUT2D eigenvalue weighted by Gasteiger charge is -2.27. The van der Waals surface area contributed by atoms with Gasteiger partial charge in [0.05, 0.1) is 25.3 Å². The van der Waals surface area contributed by atoms with Crippen LogP contribution in [0.25, 0.3) is 0 Å². The minimum Gasteiger partial charge on any atom is -0.497 e. The zero-order chi connectivity index (χ0) is 20.0. The predicted octanol–water partition coefficient (Wildman–Crippen LogP) is 2.14. The van der Waals surface area contributed by atoms with E-state index in [2.05, 4.69) is 10.5 Å². The van der Waals surface area contributed by atoms with E-state index in [4.69, 9.17) is 4.74 Å². The van der Waals surface area contributed by atoms with Crippen LogP contribution in [-0.4, -0.2) is 39.9 Å². The van der Waals surface area contributed by atoms with Crippen LogP contribution in [0.1, 0.15) is 12.5 Å². The highest BCUT2D eigenvalue weighted by Crippen LogP contribution is 2.23. The van der Waals surface area contributed by atoms with Gasteiger partial charge in [-0.1, -0.05) is 18.2 Å². The van der Waals surface area contributed by atoms with Crippen molar-refractivity contribution in [3.63, 3.8) is 0 Å². The summed E-state index contributed by atoms with van der Waals surface area (Å²) in [4.78, 5) is 12.4. The molecule has 0 saturated carbocycles. The van der Waals surface area contributed by atoms with Crippen molar-refractivity contribution in [2.24, 2.45) is 5.10 Å². The highest BCUT2D eigenvalue weighted by molar-refractivity contribution is 7.92. The molecule has 0 radical (unpaired) electrons. The topological polar surface area (TPSA) is 88.1 Å². The van der Waals surface area contributed by atoms with Crippen LogP contribution in [0.3, 0.4) is 0 Å². The van der Waals surface area contributed by atoms with Gasteiger partial charge in [-0.15, -0.1) is 0 Å². The Morgan fingerprint density at radius 3 is 2.41 bits per heavy atom. The predicted molar refractivity (Wildman–Crippen MR) is 102 cm³/mol. The number of sulfonamides is 1. The molecule has 27 heavy (non-hydrogen) atoms. The number of carbonyl (C=O) groups excluding carboxylic acids is 1. The lowest BCUT2D eigenvalue weighted by Crippen LogP contribution is -2.46. The van der Waals surface area contributed by atoms with Crippen molar-refractivity contribution >= 4 is 27.8 Å². The van der Waals surface area contributed by atoms with E-state index in [1.165, 1.54) is 44.4 Å². The van der Waals surface area contributed by atoms with Gasteiger partial charge in [0.25, 0.3) is 5.91 Å². The van der Waals surface area contributed by atoms with Crippen LogP contribution in [0.2, 0.25) is 0 Å². The Morgan fingerprint density at radius 1 is 1.22 bits per heavy atom. The number of hydrogen-bond acceptors (Lipinski definition) is 5. The summed E-state index contributed by atoms with van der Waals surface area (Å²) in [6.45, 7) is 1.43. The number of rotatable bonds is 7. The number of carbonyl (C=O) groups is 1. The summed E-state index contributed by atoms with van der Waals surface area (Å²) in [6, 6.07) is 11.1. The molecular weight excluding hydrogens is 373 g/mol. The summed E-state index contributed by atoms with van der Waals surface area (Å²) < 4.78 is 44.0. The van der Waals surface area contributed by atoms with E-state index in [-0.39, 0.29) is 5.56 Å². The summed E-state index contributed by atoms with van der Waals surface area (Å²) in [7, 11) is -2.25. The number of methoxy groups -OCH3 is 1. The summed E-state index contributed by atoms with van der Waals surface area (Å²) in [5.74, 6) is -0.595. The molecule has 0 aliphatic carbocycles. The van der Waals surface area contributed by atoms with Crippen LogP contribution >= 0.6 is 0 Å². The largest absolute Gasteiger partial charge is 0.497 e. The molecule has 0 aromatic heterocycles.